The van der Waals surface area contributed by atoms with Crippen LogP contribution in [0.5, 0.6) is 17.2 Å². The molecule has 3 N–H and O–H groups in total. The summed E-state index contributed by atoms with van der Waals surface area (Å²) in [6.07, 6.45) is -0.164. The number of hydrogen-bond acceptors (Lipinski definition) is 6. The van der Waals surface area contributed by atoms with Gasteiger partial charge in [0.1, 0.15) is 17.3 Å². The van der Waals surface area contributed by atoms with Gasteiger partial charge in [0.2, 0.25) is 17.1 Å². The second-order valence-corrected chi connectivity index (χ2v) is 5.27. The molecular weight excluding hydrogens is 314 g/mol. The van der Waals surface area contributed by atoms with Crippen LogP contribution in [-0.4, -0.2) is 25.2 Å². The summed E-state index contributed by atoms with van der Waals surface area (Å²) in [5.74, 6) is -0.661. The molecule has 0 radical (unpaired) electrons. The van der Waals surface area contributed by atoms with Gasteiger partial charge in [0.15, 0.2) is 5.76 Å². The number of amides is 1. The van der Waals surface area contributed by atoms with Crippen molar-refractivity contribution in [2.75, 3.05) is 14.2 Å². The number of carbonyl (C=O) groups is 1. The predicted molar refractivity (Wildman–Crippen MR) is 86.6 cm³/mol. The van der Waals surface area contributed by atoms with E-state index in [1.54, 1.807) is 25.1 Å². The second-order valence-electron chi connectivity index (χ2n) is 5.27. The Kier molecular flexibility index (Phi) is 5.13. The minimum absolute atomic E-state index is 0.0257. The fraction of sp³-hybridized carbons (Fsp3) is 0.294. The van der Waals surface area contributed by atoms with E-state index in [1.807, 2.05) is 0 Å². The summed E-state index contributed by atoms with van der Waals surface area (Å²) in [7, 11) is 2.98. The molecule has 1 atom stereocenters. The highest BCUT2D eigenvalue weighted by molar-refractivity contribution is 5.75. The van der Waals surface area contributed by atoms with Crippen molar-refractivity contribution in [3.63, 3.8) is 0 Å². The van der Waals surface area contributed by atoms with Crippen molar-refractivity contribution in [1.82, 2.24) is 0 Å². The number of hydrogen-bond donors (Lipinski definition) is 2. The third-order valence-corrected chi connectivity index (χ3v) is 3.61. The van der Waals surface area contributed by atoms with Crippen molar-refractivity contribution < 1.29 is 23.8 Å². The number of aryl methyl sites for hydroxylation is 1. The number of benzene rings is 1. The maximum Gasteiger partial charge on any atom is 0.227 e. The largest absolute Gasteiger partial charge is 0.502 e. The average Bonchev–Trinajstić information content (AvgIpc) is 2.55. The van der Waals surface area contributed by atoms with Gasteiger partial charge in [0.05, 0.1) is 20.1 Å². The summed E-state index contributed by atoms with van der Waals surface area (Å²) in [6.45, 7) is 1.58. The van der Waals surface area contributed by atoms with Gasteiger partial charge >= 0.3 is 0 Å². The van der Waals surface area contributed by atoms with E-state index in [0.717, 1.165) is 0 Å². The first-order chi connectivity index (χ1) is 11.4. The smallest absolute Gasteiger partial charge is 0.227 e. The van der Waals surface area contributed by atoms with Gasteiger partial charge in [0, 0.05) is 24.1 Å². The van der Waals surface area contributed by atoms with E-state index in [0.29, 0.717) is 22.8 Å². The standard InChI is InChI=1S/C17H19NO6/c1-9-6-13(19)16(21)17(24-9)12(8-15(18)20)11-5-4-10(22-2)7-14(11)23-3/h4-7,12,21H,8H2,1-3H3,(H2,18,20). The molecule has 2 rings (SSSR count). The summed E-state index contributed by atoms with van der Waals surface area (Å²) in [5, 5.41) is 10.1. The Labute approximate surface area is 138 Å². The molecule has 1 heterocycles. The number of ether oxygens (including phenoxy) is 2. The molecule has 0 bridgehead atoms. The van der Waals surface area contributed by atoms with Gasteiger partial charge in [-0.25, -0.2) is 0 Å². The van der Waals surface area contributed by atoms with E-state index in [9.17, 15) is 14.7 Å². The van der Waals surface area contributed by atoms with Crippen LogP contribution in [0.1, 0.15) is 29.4 Å². The number of aromatic hydroxyl groups is 1. The number of carbonyl (C=O) groups excluding carboxylic acids is 1. The summed E-state index contributed by atoms with van der Waals surface area (Å²) in [5.41, 5.74) is 5.29. The van der Waals surface area contributed by atoms with E-state index in [4.69, 9.17) is 19.6 Å². The third-order valence-electron chi connectivity index (χ3n) is 3.61. The summed E-state index contributed by atoms with van der Waals surface area (Å²) in [4.78, 5) is 23.4. The molecule has 1 unspecified atom stereocenters. The number of nitrogens with two attached hydrogens (primary N) is 1. The lowest BCUT2D eigenvalue weighted by Crippen LogP contribution is -2.18. The molecule has 0 aliphatic rings. The van der Waals surface area contributed by atoms with Gasteiger partial charge in [-0.15, -0.1) is 0 Å². The lowest BCUT2D eigenvalue weighted by atomic mass is 9.91. The molecule has 0 aliphatic carbocycles. The number of primary amides is 1. The van der Waals surface area contributed by atoms with E-state index >= 15 is 0 Å². The Bertz CT molecular complexity index is 811. The Balaban J connectivity index is 2.67. The quantitative estimate of drug-likeness (QED) is 0.832. The molecular formula is C17H19NO6. The Hall–Kier alpha value is -2.96. The fourth-order valence-electron chi connectivity index (χ4n) is 2.51. The lowest BCUT2D eigenvalue weighted by molar-refractivity contribution is -0.118. The third kappa shape index (κ3) is 3.51. The summed E-state index contributed by atoms with van der Waals surface area (Å²) >= 11 is 0. The van der Waals surface area contributed by atoms with Gasteiger partial charge in [0.25, 0.3) is 0 Å². The first-order valence-corrected chi connectivity index (χ1v) is 7.21. The van der Waals surface area contributed by atoms with Crippen molar-refractivity contribution in [2.45, 2.75) is 19.3 Å². The summed E-state index contributed by atoms with van der Waals surface area (Å²) < 4.78 is 16.0. The molecule has 2 aromatic rings. The fourth-order valence-corrected chi connectivity index (χ4v) is 2.51. The Morgan fingerprint density at radius 2 is 2.00 bits per heavy atom. The van der Waals surface area contributed by atoms with Crippen molar-refractivity contribution in [1.29, 1.82) is 0 Å². The highest BCUT2D eigenvalue weighted by atomic mass is 16.5. The zero-order chi connectivity index (χ0) is 17.9. The van der Waals surface area contributed by atoms with Gasteiger partial charge in [-0.1, -0.05) is 6.07 Å². The minimum atomic E-state index is -0.768. The molecule has 7 heteroatoms. The van der Waals surface area contributed by atoms with Crippen molar-refractivity contribution in [2.24, 2.45) is 5.73 Å². The SMILES string of the molecule is COc1ccc(C(CC(N)=O)c2oc(C)cc(=O)c2O)c(OC)c1. The van der Waals surface area contributed by atoms with Crippen LogP contribution in [0.15, 0.2) is 33.5 Å². The topological polar surface area (TPSA) is 112 Å². The van der Waals surface area contributed by atoms with Crippen LogP contribution in [-0.2, 0) is 4.79 Å². The molecule has 0 spiro atoms. The van der Waals surface area contributed by atoms with E-state index in [2.05, 4.69) is 0 Å². The summed E-state index contributed by atoms with van der Waals surface area (Å²) in [6, 6.07) is 6.16. The molecule has 1 amide bonds. The van der Waals surface area contributed by atoms with Crippen LogP contribution in [0.3, 0.4) is 0 Å². The van der Waals surface area contributed by atoms with Gasteiger partial charge < -0.3 is 24.7 Å². The van der Waals surface area contributed by atoms with Crippen LogP contribution in [0.2, 0.25) is 0 Å². The van der Waals surface area contributed by atoms with Crippen LogP contribution >= 0.6 is 0 Å². The van der Waals surface area contributed by atoms with Crippen LogP contribution in [0, 0.1) is 6.92 Å². The van der Waals surface area contributed by atoms with Crippen LogP contribution < -0.4 is 20.6 Å². The molecule has 7 nitrogen and oxygen atoms in total. The highest BCUT2D eigenvalue weighted by Gasteiger charge is 2.27. The zero-order valence-electron chi connectivity index (χ0n) is 13.7. The van der Waals surface area contributed by atoms with Crippen LogP contribution in [0.25, 0.3) is 0 Å². The van der Waals surface area contributed by atoms with E-state index in [1.165, 1.54) is 20.3 Å². The molecule has 0 saturated carbocycles. The second kappa shape index (κ2) is 7.08. The highest BCUT2D eigenvalue weighted by Crippen LogP contribution is 2.39. The monoisotopic (exact) mass is 333 g/mol. The van der Waals surface area contributed by atoms with E-state index < -0.39 is 23.0 Å². The lowest BCUT2D eigenvalue weighted by Gasteiger charge is -2.19. The normalized spacial score (nSPS) is 11.8. The van der Waals surface area contributed by atoms with Gasteiger partial charge in [-0.2, -0.15) is 0 Å². The van der Waals surface area contributed by atoms with E-state index in [-0.39, 0.29) is 12.2 Å². The molecule has 1 aromatic heterocycles. The van der Waals surface area contributed by atoms with Gasteiger partial charge in [-0.05, 0) is 13.0 Å². The maximum atomic E-state index is 11.9. The Morgan fingerprint density at radius 1 is 1.29 bits per heavy atom. The molecule has 128 valence electrons. The number of rotatable bonds is 6. The van der Waals surface area contributed by atoms with Gasteiger partial charge in [-0.3, -0.25) is 9.59 Å². The van der Waals surface area contributed by atoms with Crippen LogP contribution in [0.4, 0.5) is 0 Å². The molecule has 24 heavy (non-hydrogen) atoms. The first kappa shape index (κ1) is 17.4. The van der Waals surface area contributed by atoms with Crippen molar-refractivity contribution >= 4 is 5.91 Å². The minimum Gasteiger partial charge on any atom is -0.502 e. The van der Waals surface area contributed by atoms with Crippen molar-refractivity contribution in [3.8, 4) is 17.2 Å². The van der Waals surface area contributed by atoms with Crippen molar-refractivity contribution in [3.05, 3.63) is 51.6 Å². The number of methoxy groups -OCH3 is 2. The first-order valence-electron chi connectivity index (χ1n) is 7.21. The molecule has 0 fully saturated rings. The average molecular weight is 333 g/mol. The molecule has 1 aromatic carbocycles. The Morgan fingerprint density at radius 3 is 2.58 bits per heavy atom. The molecule has 0 saturated heterocycles. The zero-order valence-corrected chi connectivity index (χ0v) is 13.7. The molecule has 0 aliphatic heterocycles. The maximum absolute atomic E-state index is 11.9. The predicted octanol–water partition coefficient (Wildman–Crippen LogP) is 1.68.